The van der Waals surface area contributed by atoms with Crippen molar-refractivity contribution < 1.29 is 27.0 Å². The second-order valence-electron chi connectivity index (χ2n) is 9.03. The number of hydroxylamine groups is 1. The van der Waals surface area contributed by atoms with Gasteiger partial charge < -0.3 is 4.18 Å². The third-order valence-electron chi connectivity index (χ3n) is 6.68. The van der Waals surface area contributed by atoms with Gasteiger partial charge in [0, 0.05) is 10.0 Å². The zero-order valence-corrected chi connectivity index (χ0v) is 22.7. The molecule has 3 atom stereocenters. The normalized spacial score (nSPS) is 20.8. The van der Waals surface area contributed by atoms with Crippen molar-refractivity contribution in [2.24, 2.45) is 5.92 Å². The molecule has 4 aromatic rings. The van der Waals surface area contributed by atoms with E-state index in [4.69, 9.17) is 9.02 Å². The highest BCUT2D eigenvalue weighted by Crippen LogP contribution is 2.49. The number of anilines is 2. The third kappa shape index (κ3) is 4.50. The maximum Gasteiger partial charge on any atom is 0.339 e. The fourth-order valence-corrected chi connectivity index (χ4v) is 6.17. The Bertz CT molecular complexity index is 1650. The topological polar surface area (TPSA) is 93.2 Å². The standard InChI is InChI=1S/C29H21BrN2O6S/c30-19-15-17-20(18-16-19)31-28(33)25-26(32(37-27(25)29(31)34)21-9-3-1-4-10-21)23-13-7-8-14-24(23)38-39(35,36)22-11-5-2-6-12-22/h1-18,25-27H/t25-,26+,27+/m0/s1. The number of rotatable bonds is 6. The zero-order chi connectivity index (χ0) is 27.1. The lowest BCUT2D eigenvalue weighted by atomic mass is 9.90. The summed E-state index contributed by atoms with van der Waals surface area (Å²) in [5.41, 5.74) is 1.42. The van der Waals surface area contributed by atoms with Gasteiger partial charge in [-0.1, -0.05) is 70.5 Å². The molecule has 10 heteroatoms. The Labute approximate surface area is 233 Å². The zero-order valence-electron chi connectivity index (χ0n) is 20.3. The summed E-state index contributed by atoms with van der Waals surface area (Å²) in [7, 11) is -4.18. The molecule has 0 saturated carbocycles. The minimum Gasteiger partial charge on any atom is -0.379 e. The summed E-state index contributed by atoms with van der Waals surface area (Å²) >= 11 is 3.37. The van der Waals surface area contributed by atoms with Crippen LogP contribution in [0.3, 0.4) is 0 Å². The van der Waals surface area contributed by atoms with Crippen molar-refractivity contribution in [3.8, 4) is 5.75 Å². The van der Waals surface area contributed by atoms with E-state index in [-0.39, 0.29) is 10.6 Å². The van der Waals surface area contributed by atoms with E-state index in [0.717, 1.165) is 9.37 Å². The van der Waals surface area contributed by atoms with E-state index in [9.17, 15) is 18.0 Å². The molecular formula is C29H21BrN2O6S. The van der Waals surface area contributed by atoms with Crippen LogP contribution in [0, 0.1) is 5.92 Å². The number of hydrogen-bond acceptors (Lipinski definition) is 7. The number of fused-ring (bicyclic) bond motifs is 1. The van der Waals surface area contributed by atoms with Gasteiger partial charge in [-0.25, -0.2) is 9.96 Å². The molecular weight excluding hydrogens is 584 g/mol. The number of benzene rings is 4. The van der Waals surface area contributed by atoms with Crippen LogP contribution >= 0.6 is 15.9 Å². The van der Waals surface area contributed by atoms with Crippen LogP contribution in [-0.2, 0) is 24.5 Å². The average molecular weight is 605 g/mol. The minimum atomic E-state index is -4.18. The van der Waals surface area contributed by atoms with Gasteiger partial charge in [0.05, 0.1) is 17.4 Å². The van der Waals surface area contributed by atoms with Crippen molar-refractivity contribution >= 4 is 49.2 Å². The Morgan fingerprint density at radius 3 is 2.03 bits per heavy atom. The predicted molar refractivity (Wildman–Crippen MR) is 147 cm³/mol. The number of para-hydroxylation sites is 2. The van der Waals surface area contributed by atoms with Crippen molar-refractivity contribution in [2.75, 3.05) is 9.96 Å². The molecule has 2 fully saturated rings. The van der Waals surface area contributed by atoms with Crippen molar-refractivity contribution in [1.82, 2.24) is 0 Å². The number of nitrogens with zero attached hydrogens (tertiary/aromatic N) is 2. The minimum absolute atomic E-state index is 0.00574. The summed E-state index contributed by atoms with van der Waals surface area (Å²) in [5, 5.41) is 1.50. The van der Waals surface area contributed by atoms with Crippen LogP contribution in [0.25, 0.3) is 0 Å². The van der Waals surface area contributed by atoms with Crippen molar-refractivity contribution in [1.29, 1.82) is 0 Å². The molecule has 0 aliphatic carbocycles. The molecule has 2 saturated heterocycles. The van der Waals surface area contributed by atoms with Gasteiger partial charge in [-0.15, -0.1) is 0 Å². The fraction of sp³-hybridized carbons (Fsp3) is 0.103. The molecule has 0 radical (unpaired) electrons. The lowest BCUT2D eigenvalue weighted by Gasteiger charge is -2.29. The fourth-order valence-electron chi connectivity index (χ4n) is 4.93. The van der Waals surface area contributed by atoms with Gasteiger partial charge in [0.15, 0.2) is 6.10 Å². The molecule has 39 heavy (non-hydrogen) atoms. The summed E-state index contributed by atoms with van der Waals surface area (Å²) < 4.78 is 32.7. The molecule has 4 aromatic carbocycles. The summed E-state index contributed by atoms with van der Waals surface area (Å²) in [6.07, 6.45) is -1.11. The largest absolute Gasteiger partial charge is 0.379 e. The lowest BCUT2D eigenvalue weighted by molar-refractivity contribution is -0.126. The van der Waals surface area contributed by atoms with Crippen LogP contribution in [0.5, 0.6) is 5.75 Å². The molecule has 2 heterocycles. The number of imide groups is 1. The molecule has 0 N–H and O–H groups in total. The molecule has 8 nitrogen and oxygen atoms in total. The molecule has 196 valence electrons. The maximum atomic E-state index is 13.9. The van der Waals surface area contributed by atoms with Crippen molar-refractivity contribution in [2.45, 2.75) is 17.0 Å². The first-order valence-corrected chi connectivity index (χ1v) is 14.3. The molecule has 2 aliphatic heterocycles. The molecule has 2 amide bonds. The number of amides is 2. The van der Waals surface area contributed by atoms with Crippen LogP contribution < -0.4 is 14.1 Å². The van der Waals surface area contributed by atoms with Gasteiger partial charge in [-0.3, -0.25) is 14.4 Å². The highest BCUT2D eigenvalue weighted by Gasteiger charge is 2.60. The van der Waals surface area contributed by atoms with Crippen LogP contribution in [0.1, 0.15) is 11.6 Å². The van der Waals surface area contributed by atoms with Gasteiger partial charge in [-0.05, 0) is 54.6 Å². The van der Waals surface area contributed by atoms with Gasteiger partial charge >= 0.3 is 10.1 Å². The van der Waals surface area contributed by atoms with E-state index in [1.807, 2.05) is 18.2 Å². The summed E-state index contributed by atoms with van der Waals surface area (Å²) in [6, 6.07) is 29.4. The Morgan fingerprint density at radius 2 is 1.33 bits per heavy atom. The van der Waals surface area contributed by atoms with E-state index in [0.29, 0.717) is 16.9 Å². The van der Waals surface area contributed by atoms with Gasteiger partial charge in [0.1, 0.15) is 16.6 Å². The van der Waals surface area contributed by atoms with E-state index in [1.54, 1.807) is 72.8 Å². The van der Waals surface area contributed by atoms with E-state index in [1.165, 1.54) is 23.3 Å². The number of hydrogen-bond donors (Lipinski definition) is 0. The molecule has 0 unspecified atom stereocenters. The van der Waals surface area contributed by atoms with E-state index < -0.39 is 40.0 Å². The van der Waals surface area contributed by atoms with Gasteiger partial charge in [-0.2, -0.15) is 8.42 Å². The highest BCUT2D eigenvalue weighted by atomic mass is 79.9. The molecule has 0 spiro atoms. The van der Waals surface area contributed by atoms with Gasteiger partial charge in [0.2, 0.25) is 5.91 Å². The predicted octanol–water partition coefficient (Wildman–Crippen LogP) is 5.27. The first kappa shape index (κ1) is 25.3. The molecule has 2 aliphatic rings. The smallest absolute Gasteiger partial charge is 0.339 e. The first-order valence-electron chi connectivity index (χ1n) is 12.1. The van der Waals surface area contributed by atoms with Crippen LogP contribution in [0.4, 0.5) is 11.4 Å². The summed E-state index contributed by atoms with van der Waals surface area (Å²) in [5.74, 6) is -1.85. The summed E-state index contributed by atoms with van der Waals surface area (Å²) in [4.78, 5) is 34.7. The van der Waals surface area contributed by atoms with E-state index in [2.05, 4.69) is 15.9 Å². The van der Waals surface area contributed by atoms with Crippen molar-refractivity contribution in [3.05, 3.63) is 119 Å². The Kier molecular flexibility index (Phi) is 6.46. The number of carbonyl (C=O) groups is 2. The quantitative estimate of drug-likeness (QED) is 0.219. The molecule has 0 aromatic heterocycles. The maximum absolute atomic E-state index is 13.9. The number of halogens is 1. The average Bonchev–Trinajstić information content (AvgIpc) is 3.46. The van der Waals surface area contributed by atoms with Crippen LogP contribution in [0.2, 0.25) is 0 Å². The van der Waals surface area contributed by atoms with E-state index >= 15 is 0 Å². The van der Waals surface area contributed by atoms with Crippen LogP contribution in [0.15, 0.2) is 119 Å². The monoisotopic (exact) mass is 604 g/mol. The third-order valence-corrected chi connectivity index (χ3v) is 8.46. The van der Waals surface area contributed by atoms with Crippen molar-refractivity contribution in [3.63, 3.8) is 0 Å². The Balaban J connectivity index is 1.44. The molecule has 6 rings (SSSR count). The Hall–Kier alpha value is -3.99. The second-order valence-corrected chi connectivity index (χ2v) is 11.5. The first-order chi connectivity index (χ1) is 18.8. The summed E-state index contributed by atoms with van der Waals surface area (Å²) in [6.45, 7) is 0. The van der Waals surface area contributed by atoms with Gasteiger partial charge in [0.25, 0.3) is 5.91 Å². The SMILES string of the molecule is O=C1[C@H]2[C@@H](c3ccccc3OS(=O)(=O)c3ccccc3)N(c3ccccc3)O[C@H]2C(=O)N1c1ccc(Br)cc1. The Morgan fingerprint density at radius 1 is 0.718 bits per heavy atom. The number of carbonyl (C=O) groups excluding carboxylic acids is 2. The van der Waals surface area contributed by atoms with Crippen LogP contribution in [-0.4, -0.2) is 26.3 Å². The molecule has 0 bridgehead atoms. The lowest BCUT2D eigenvalue weighted by Crippen LogP contribution is -2.37. The second kappa shape index (κ2) is 9.96. The highest BCUT2D eigenvalue weighted by molar-refractivity contribution is 9.10.